The number of halogens is 1. The summed E-state index contributed by atoms with van der Waals surface area (Å²) < 4.78 is 14.1. The van der Waals surface area contributed by atoms with Gasteiger partial charge in [0.2, 0.25) is 0 Å². The van der Waals surface area contributed by atoms with Crippen molar-refractivity contribution in [1.29, 1.82) is 0 Å². The summed E-state index contributed by atoms with van der Waals surface area (Å²) in [7, 11) is 0. The first kappa shape index (κ1) is 31.1. The predicted octanol–water partition coefficient (Wildman–Crippen LogP) is 9.65. The number of nitrogens with zero attached hydrogens (tertiary/aromatic N) is 4. The Morgan fingerprint density at radius 1 is 1.07 bits per heavy atom. The molecule has 3 heterocycles. The van der Waals surface area contributed by atoms with Gasteiger partial charge in [-0.2, -0.15) is 0 Å². The summed E-state index contributed by atoms with van der Waals surface area (Å²) in [5.74, 6) is 2.99. The van der Waals surface area contributed by atoms with Crippen molar-refractivity contribution in [3.05, 3.63) is 95.3 Å². The van der Waals surface area contributed by atoms with E-state index in [2.05, 4.69) is 80.6 Å². The third-order valence-corrected chi connectivity index (χ3v) is 9.73. The van der Waals surface area contributed by atoms with E-state index in [0.717, 1.165) is 68.3 Å². The predicted molar refractivity (Wildman–Crippen MR) is 177 cm³/mol. The molecule has 4 nitrogen and oxygen atoms in total. The lowest BCUT2D eigenvalue weighted by atomic mass is 9.70. The molecular formula is C38H49FN4. The number of hydrogen-bond donors (Lipinski definition) is 0. The Morgan fingerprint density at radius 3 is 2.63 bits per heavy atom. The van der Waals surface area contributed by atoms with Crippen molar-refractivity contribution < 1.29 is 4.39 Å². The van der Waals surface area contributed by atoms with Gasteiger partial charge in [-0.15, -0.1) is 0 Å². The van der Waals surface area contributed by atoms with Gasteiger partial charge in [-0.1, -0.05) is 58.7 Å². The number of aliphatic imine (C=N–C) groups is 1. The summed E-state index contributed by atoms with van der Waals surface area (Å²) >= 11 is 0. The van der Waals surface area contributed by atoms with Crippen LogP contribution in [0.5, 0.6) is 0 Å². The number of aromatic nitrogens is 2. The highest BCUT2D eigenvalue weighted by Gasteiger charge is 2.52. The van der Waals surface area contributed by atoms with Crippen LogP contribution in [0.25, 0.3) is 5.57 Å². The second-order valence-electron chi connectivity index (χ2n) is 12.7. The molecule has 0 radical (unpaired) electrons. The molecule has 2 aliphatic rings. The highest BCUT2D eigenvalue weighted by molar-refractivity contribution is 6.03. The van der Waals surface area contributed by atoms with Gasteiger partial charge in [0.05, 0.1) is 17.9 Å². The molecule has 43 heavy (non-hydrogen) atoms. The Labute approximate surface area is 258 Å². The monoisotopic (exact) mass is 580 g/mol. The fourth-order valence-electron chi connectivity index (χ4n) is 6.95. The van der Waals surface area contributed by atoms with Crippen LogP contribution in [0.4, 0.5) is 10.1 Å². The number of pyridine rings is 2. The molecule has 0 N–H and O–H groups in total. The molecule has 5 heteroatoms. The van der Waals surface area contributed by atoms with E-state index in [1.807, 2.05) is 0 Å². The van der Waals surface area contributed by atoms with Crippen LogP contribution in [-0.4, -0.2) is 33.3 Å². The minimum Gasteiger partial charge on any atom is -0.348 e. The zero-order valence-electron chi connectivity index (χ0n) is 26.7. The van der Waals surface area contributed by atoms with E-state index >= 15 is 0 Å². The maximum atomic E-state index is 14.1. The summed E-state index contributed by atoms with van der Waals surface area (Å²) in [4.78, 5) is 16.8. The number of hydrogen-bond acceptors (Lipinski definition) is 3. The Morgan fingerprint density at radius 2 is 1.93 bits per heavy atom. The van der Waals surface area contributed by atoms with E-state index < -0.39 is 0 Å². The average molecular weight is 581 g/mol. The van der Waals surface area contributed by atoms with Crippen molar-refractivity contribution in [3.63, 3.8) is 0 Å². The Balaban J connectivity index is 1.29. The Hall–Kier alpha value is -3.34. The number of rotatable bonds is 15. The summed E-state index contributed by atoms with van der Waals surface area (Å²) in [6.45, 7) is 14.3. The van der Waals surface area contributed by atoms with Crippen molar-refractivity contribution in [2.24, 2.45) is 16.8 Å². The molecule has 1 aromatic carbocycles. The maximum absolute atomic E-state index is 14.1. The summed E-state index contributed by atoms with van der Waals surface area (Å²) in [5, 5.41) is 0. The molecule has 4 unspecified atom stereocenters. The van der Waals surface area contributed by atoms with Crippen molar-refractivity contribution >= 4 is 17.1 Å². The van der Waals surface area contributed by atoms with Gasteiger partial charge in [0.25, 0.3) is 0 Å². The van der Waals surface area contributed by atoms with Gasteiger partial charge in [-0.25, -0.2) is 9.38 Å². The minimum atomic E-state index is -0.238. The van der Waals surface area contributed by atoms with Crippen molar-refractivity contribution in [1.82, 2.24) is 14.9 Å². The second kappa shape index (κ2) is 14.4. The summed E-state index contributed by atoms with van der Waals surface area (Å²) in [5.41, 5.74) is 7.66. The number of allylic oxidation sites excluding steroid dienone is 1. The van der Waals surface area contributed by atoms with E-state index in [0.29, 0.717) is 23.9 Å². The number of aryl methyl sites for hydroxylation is 3. The first-order valence-corrected chi connectivity index (χ1v) is 16.6. The summed E-state index contributed by atoms with van der Waals surface area (Å²) in [6, 6.07) is 15.3. The van der Waals surface area contributed by atoms with Gasteiger partial charge in [-0.3, -0.25) is 9.97 Å². The van der Waals surface area contributed by atoms with E-state index in [9.17, 15) is 4.39 Å². The van der Waals surface area contributed by atoms with Crippen LogP contribution in [0.3, 0.4) is 0 Å². The first-order valence-electron chi connectivity index (χ1n) is 16.6. The molecule has 1 aliphatic heterocycles. The number of benzene rings is 1. The topological polar surface area (TPSA) is 41.1 Å². The largest absolute Gasteiger partial charge is 0.348 e. The van der Waals surface area contributed by atoms with E-state index in [-0.39, 0.29) is 5.82 Å². The van der Waals surface area contributed by atoms with Crippen LogP contribution < -0.4 is 0 Å². The third kappa shape index (κ3) is 7.42. The summed E-state index contributed by atoms with van der Waals surface area (Å²) in [6.07, 6.45) is 13.7. The standard InChI is InChI=1S/C38H49FN4/c1-6-10-26(4)31-16-19-35(27(5)24-31)42-38-37(33-18-15-28(33)8-3)43(38)23-21-30(11-7-2)36-13-9-12-32(41-36)17-14-29-20-22-40-25-34(29)39/h9,12-13,16,19-20,22,24-25,28,30,33,37H,4,6-8,10-11,14-15,17-18,21,23H2,1-3,5H3/b42-38-. The Kier molecular flexibility index (Phi) is 10.4. The van der Waals surface area contributed by atoms with Crippen LogP contribution in [0.2, 0.25) is 0 Å². The third-order valence-electron chi connectivity index (χ3n) is 9.73. The lowest BCUT2D eigenvalue weighted by molar-refractivity contribution is 0.149. The molecule has 0 bridgehead atoms. The van der Waals surface area contributed by atoms with Gasteiger partial charge in [0.1, 0.15) is 11.7 Å². The van der Waals surface area contributed by atoms with Crippen molar-refractivity contribution in [2.45, 2.75) is 104 Å². The van der Waals surface area contributed by atoms with Crippen LogP contribution in [0.1, 0.15) is 106 Å². The van der Waals surface area contributed by atoms with Gasteiger partial charge >= 0.3 is 0 Å². The van der Waals surface area contributed by atoms with Crippen LogP contribution in [-0.2, 0) is 12.8 Å². The van der Waals surface area contributed by atoms with E-state index in [1.165, 1.54) is 53.7 Å². The highest BCUT2D eigenvalue weighted by Crippen LogP contribution is 2.47. The van der Waals surface area contributed by atoms with Crippen molar-refractivity contribution in [3.8, 4) is 0 Å². The lowest BCUT2D eigenvalue weighted by Crippen LogP contribution is -2.32. The quantitative estimate of drug-likeness (QED) is 0.168. The normalized spacial score (nSPS) is 21.1. The SMILES string of the molecule is C=C(CCC)c1ccc(/N=C2/C(C3CCC3CC)N2CCC(CCC)c2cccc(CCc3ccncc3F)n2)c(C)c1. The molecular weight excluding hydrogens is 531 g/mol. The number of amidine groups is 1. The molecule has 3 aromatic rings. The molecule has 0 spiro atoms. The molecule has 228 valence electrons. The van der Waals surface area contributed by atoms with Crippen LogP contribution >= 0.6 is 0 Å². The molecule has 2 fully saturated rings. The Bertz CT molecular complexity index is 1430. The van der Waals surface area contributed by atoms with Gasteiger partial charge in [0, 0.05) is 30.0 Å². The van der Waals surface area contributed by atoms with Crippen molar-refractivity contribution in [2.75, 3.05) is 6.54 Å². The second-order valence-corrected chi connectivity index (χ2v) is 12.7. The van der Waals surface area contributed by atoms with Crippen LogP contribution in [0, 0.1) is 24.6 Å². The van der Waals surface area contributed by atoms with E-state index in [4.69, 9.17) is 9.98 Å². The maximum Gasteiger partial charge on any atom is 0.144 e. The average Bonchev–Trinajstić information content (AvgIpc) is 3.65. The van der Waals surface area contributed by atoms with Gasteiger partial charge < -0.3 is 4.90 Å². The van der Waals surface area contributed by atoms with Crippen LogP contribution in [0.15, 0.2) is 66.4 Å². The fraction of sp³-hybridized carbons (Fsp3) is 0.500. The molecule has 5 rings (SSSR count). The lowest BCUT2D eigenvalue weighted by Gasteiger charge is -2.35. The van der Waals surface area contributed by atoms with Gasteiger partial charge in [-0.05, 0) is 116 Å². The molecule has 2 aromatic heterocycles. The van der Waals surface area contributed by atoms with E-state index in [1.54, 1.807) is 12.3 Å². The zero-order valence-corrected chi connectivity index (χ0v) is 26.7. The smallest absolute Gasteiger partial charge is 0.144 e. The van der Waals surface area contributed by atoms with Gasteiger partial charge in [0.15, 0.2) is 0 Å². The molecule has 1 saturated heterocycles. The highest BCUT2D eigenvalue weighted by atomic mass is 19.1. The molecule has 1 saturated carbocycles. The minimum absolute atomic E-state index is 0.238. The zero-order chi connectivity index (χ0) is 30.3. The molecule has 1 aliphatic carbocycles. The molecule has 0 amide bonds. The molecule has 4 atom stereocenters. The fourth-order valence-corrected chi connectivity index (χ4v) is 6.95. The first-order chi connectivity index (χ1) is 20.9.